The molecule has 0 N–H and O–H groups in total. The zero-order chi connectivity index (χ0) is 22.6. The molecule has 1 aromatic carbocycles. The maximum absolute atomic E-state index is 5.55. The molecule has 0 amide bonds. The zero-order valence-corrected chi connectivity index (χ0v) is 18.7. The fourth-order valence-electron chi connectivity index (χ4n) is 3.88. The van der Waals surface area contributed by atoms with Crippen molar-refractivity contribution in [1.29, 1.82) is 0 Å². The number of ether oxygens (including phenoxy) is 1. The van der Waals surface area contributed by atoms with Gasteiger partial charge < -0.3 is 19.0 Å². The summed E-state index contributed by atoms with van der Waals surface area (Å²) in [7, 11) is 0. The lowest BCUT2D eigenvalue weighted by molar-refractivity contribution is 0.122. The zero-order valence-electron chi connectivity index (χ0n) is 18.7. The first kappa shape index (κ1) is 21.0. The van der Waals surface area contributed by atoms with Crippen LogP contribution in [-0.2, 0) is 11.3 Å². The van der Waals surface area contributed by atoms with Crippen LogP contribution in [0.1, 0.15) is 18.3 Å². The van der Waals surface area contributed by atoms with E-state index in [0.29, 0.717) is 31.3 Å². The number of morpholine rings is 1. The van der Waals surface area contributed by atoms with Gasteiger partial charge in [0.05, 0.1) is 13.2 Å². The molecule has 1 saturated heterocycles. The molecule has 4 aromatic rings. The molecule has 9 nitrogen and oxygen atoms in total. The van der Waals surface area contributed by atoms with Crippen molar-refractivity contribution in [2.45, 2.75) is 20.4 Å². The Labute approximate surface area is 191 Å². The van der Waals surface area contributed by atoms with Crippen molar-refractivity contribution < 1.29 is 9.57 Å². The molecule has 4 heterocycles. The van der Waals surface area contributed by atoms with Gasteiger partial charge in [-0.3, -0.25) is 4.98 Å². The molecule has 9 heteroatoms. The van der Waals surface area contributed by atoms with Gasteiger partial charge in [-0.25, -0.2) is 15.0 Å². The van der Waals surface area contributed by atoms with Crippen LogP contribution in [0.3, 0.4) is 0 Å². The molecule has 0 spiro atoms. The SMILES string of the molecule is CCn1c(-c2ccncc2)nc2c(N3CCOCC3)nc(/C=N/Oc3cccc(C)c3)nc21. The molecule has 1 aliphatic rings. The first-order chi connectivity index (χ1) is 16.2. The molecule has 5 rings (SSSR count). The smallest absolute Gasteiger partial charge is 0.178 e. The van der Waals surface area contributed by atoms with Crippen molar-refractivity contribution in [3.8, 4) is 17.1 Å². The summed E-state index contributed by atoms with van der Waals surface area (Å²) >= 11 is 0. The number of rotatable bonds is 6. The minimum absolute atomic E-state index is 0.465. The van der Waals surface area contributed by atoms with E-state index in [1.807, 2.05) is 43.3 Å². The van der Waals surface area contributed by atoms with Gasteiger partial charge in [-0.2, -0.15) is 0 Å². The van der Waals surface area contributed by atoms with E-state index in [1.165, 1.54) is 0 Å². The third-order valence-electron chi connectivity index (χ3n) is 5.47. The van der Waals surface area contributed by atoms with Crippen LogP contribution in [0.5, 0.6) is 5.75 Å². The fourth-order valence-corrected chi connectivity index (χ4v) is 3.88. The van der Waals surface area contributed by atoms with E-state index in [0.717, 1.165) is 47.0 Å². The lowest BCUT2D eigenvalue weighted by Crippen LogP contribution is -2.37. The van der Waals surface area contributed by atoms with Crippen molar-refractivity contribution in [3.63, 3.8) is 0 Å². The third kappa shape index (κ3) is 4.40. The average Bonchev–Trinajstić information content (AvgIpc) is 3.23. The molecule has 3 aromatic heterocycles. The number of imidazole rings is 1. The molecular formula is C24H25N7O2. The first-order valence-corrected chi connectivity index (χ1v) is 11.0. The summed E-state index contributed by atoms with van der Waals surface area (Å²) in [5.41, 5.74) is 3.61. The van der Waals surface area contributed by atoms with E-state index in [1.54, 1.807) is 18.6 Å². The molecule has 1 aliphatic heterocycles. The second-order valence-electron chi connectivity index (χ2n) is 7.73. The van der Waals surface area contributed by atoms with E-state index >= 15 is 0 Å². The van der Waals surface area contributed by atoms with Crippen LogP contribution >= 0.6 is 0 Å². The van der Waals surface area contributed by atoms with Gasteiger partial charge in [0.25, 0.3) is 0 Å². The predicted octanol–water partition coefficient (Wildman–Crippen LogP) is 3.47. The predicted molar refractivity (Wildman–Crippen MR) is 127 cm³/mol. The molecule has 0 radical (unpaired) electrons. The number of nitrogens with zero attached hydrogens (tertiary/aromatic N) is 7. The van der Waals surface area contributed by atoms with Gasteiger partial charge in [0.2, 0.25) is 0 Å². The van der Waals surface area contributed by atoms with Crippen LogP contribution in [0.2, 0.25) is 0 Å². The van der Waals surface area contributed by atoms with Crippen LogP contribution in [0.25, 0.3) is 22.6 Å². The Morgan fingerprint density at radius 3 is 2.67 bits per heavy atom. The van der Waals surface area contributed by atoms with Crippen LogP contribution in [-0.4, -0.2) is 57.0 Å². The molecule has 168 valence electrons. The standard InChI is InChI=1S/C24H25N7O2/c1-3-31-22(18-7-9-25-10-8-18)29-21-23(30-11-13-32-14-12-30)27-20(28-24(21)31)16-26-33-19-6-4-5-17(2)15-19/h4-10,15-16H,3,11-14H2,1-2H3/b26-16+. The maximum Gasteiger partial charge on any atom is 0.178 e. The third-order valence-corrected chi connectivity index (χ3v) is 5.47. The van der Waals surface area contributed by atoms with Crippen molar-refractivity contribution in [2.75, 3.05) is 31.2 Å². The average molecular weight is 444 g/mol. The molecular weight excluding hydrogens is 418 g/mol. The highest BCUT2D eigenvalue weighted by Gasteiger charge is 2.23. The summed E-state index contributed by atoms with van der Waals surface area (Å²) in [6, 6.07) is 11.6. The Balaban J connectivity index is 1.58. The number of oxime groups is 1. The Morgan fingerprint density at radius 1 is 1.09 bits per heavy atom. The second kappa shape index (κ2) is 9.33. The van der Waals surface area contributed by atoms with E-state index < -0.39 is 0 Å². The van der Waals surface area contributed by atoms with Gasteiger partial charge in [-0.05, 0) is 43.7 Å². The number of hydrogen-bond acceptors (Lipinski definition) is 8. The highest BCUT2D eigenvalue weighted by atomic mass is 16.6. The van der Waals surface area contributed by atoms with E-state index in [-0.39, 0.29) is 0 Å². The van der Waals surface area contributed by atoms with Crippen LogP contribution in [0, 0.1) is 6.92 Å². The quantitative estimate of drug-likeness (QED) is 0.333. The lowest BCUT2D eigenvalue weighted by Gasteiger charge is -2.27. The summed E-state index contributed by atoms with van der Waals surface area (Å²) in [5, 5.41) is 4.14. The molecule has 1 fully saturated rings. The van der Waals surface area contributed by atoms with E-state index in [4.69, 9.17) is 24.5 Å². The van der Waals surface area contributed by atoms with Crippen molar-refractivity contribution >= 4 is 23.2 Å². The van der Waals surface area contributed by atoms with Gasteiger partial charge in [0, 0.05) is 37.6 Å². The molecule has 0 bridgehead atoms. The Hall–Kier alpha value is -3.85. The highest BCUT2D eigenvalue weighted by Crippen LogP contribution is 2.29. The van der Waals surface area contributed by atoms with Gasteiger partial charge >= 0.3 is 0 Å². The lowest BCUT2D eigenvalue weighted by atomic mass is 10.2. The van der Waals surface area contributed by atoms with Gasteiger partial charge in [-0.15, -0.1) is 0 Å². The van der Waals surface area contributed by atoms with Crippen molar-refractivity contribution in [2.24, 2.45) is 5.16 Å². The van der Waals surface area contributed by atoms with Gasteiger partial charge in [0.1, 0.15) is 12.0 Å². The monoisotopic (exact) mass is 443 g/mol. The Morgan fingerprint density at radius 2 is 1.91 bits per heavy atom. The number of hydrogen-bond donors (Lipinski definition) is 0. The summed E-state index contributed by atoms with van der Waals surface area (Å²) in [4.78, 5) is 26.4. The Bertz CT molecular complexity index is 1280. The largest absolute Gasteiger partial charge is 0.378 e. The molecule has 0 saturated carbocycles. The number of fused-ring (bicyclic) bond motifs is 1. The minimum Gasteiger partial charge on any atom is -0.378 e. The second-order valence-corrected chi connectivity index (χ2v) is 7.73. The van der Waals surface area contributed by atoms with Gasteiger partial charge in [-0.1, -0.05) is 17.3 Å². The first-order valence-electron chi connectivity index (χ1n) is 11.0. The highest BCUT2D eigenvalue weighted by molar-refractivity contribution is 5.90. The number of anilines is 1. The van der Waals surface area contributed by atoms with Crippen molar-refractivity contribution in [1.82, 2.24) is 24.5 Å². The number of aryl methyl sites for hydroxylation is 2. The Kier molecular flexibility index (Phi) is 5.95. The number of aromatic nitrogens is 5. The minimum atomic E-state index is 0.465. The topological polar surface area (TPSA) is 90.6 Å². The summed E-state index contributed by atoms with van der Waals surface area (Å²) in [6.07, 6.45) is 5.08. The number of pyridine rings is 1. The maximum atomic E-state index is 5.55. The summed E-state index contributed by atoms with van der Waals surface area (Å²) in [5.74, 6) is 2.75. The van der Waals surface area contributed by atoms with Crippen LogP contribution in [0.15, 0.2) is 53.9 Å². The van der Waals surface area contributed by atoms with Crippen LogP contribution < -0.4 is 9.74 Å². The summed E-state index contributed by atoms with van der Waals surface area (Å²) < 4.78 is 7.63. The summed E-state index contributed by atoms with van der Waals surface area (Å²) in [6.45, 7) is 7.59. The van der Waals surface area contributed by atoms with Gasteiger partial charge in [0.15, 0.2) is 28.6 Å². The van der Waals surface area contributed by atoms with Crippen molar-refractivity contribution in [3.05, 3.63) is 60.2 Å². The normalized spacial score (nSPS) is 14.3. The number of benzene rings is 1. The van der Waals surface area contributed by atoms with Crippen LogP contribution in [0.4, 0.5) is 5.82 Å². The molecule has 0 aliphatic carbocycles. The fraction of sp³-hybridized carbons (Fsp3) is 0.292. The molecule has 33 heavy (non-hydrogen) atoms. The molecule has 0 atom stereocenters. The molecule has 0 unspecified atom stereocenters. The van der Waals surface area contributed by atoms with E-state index in [2.05, 4.69) is 26.5 Å². The van der Waals surface area contributed by atoms with E-state index in [9.17, 15) is 0 Å².